The van der Waals surface area contributed by atoms with Crippen LogP contribution in [0.5, 0.6) is 0 Å². The van der Waals surface area contributed by atoms with Crippen molar-refractivity contribution in [2.45, 2.75) is 26.2 Å². The Morgan fingerprint density at radius 2 is 1.11 bits per heavy atom. The molecule has 0 aliphatic carbocycles. The van der Waals surface area contributed by atoms with E-state index in [1.807, 2.05) is 0 Å². The number of benzene rings is 4. The second kappa shape index (κ2) is 7.32. The molecule has 1 aliphatic heterocycles. The van der Waals surface area contributed by atoms with Crippen molar-refractivity contribution < 1.29 is 0 Å². The summed E-state index contributed by atoms with van der Waals surface area (Å²) >= 11 is 0. The quantitative estimate of drug-likeness (QED) is 0.333. The summed E-state index contributed by atoms with van der Waals surface area (Å²) in [6, 6.07) is 27.2. The summed E-state index contributed by atoms with van der Waals surface area (Å²) in [5.74, 6) is 0. The molecule has 4 aromatic carbocycles. The van der Waals surface area contributed by atoms with Crippen molar-refractivity contribution in [2.24, 2.45) is 0 Å². The maximum absolute atomic E-state index is 2.69. The largest absolute Gasteiger partial charge is 0.282 e. The molecule has 1 heterocycles. The van der Waals surface area contributed by atoms with E-state index in [0.717, 1.165) is 13.1 Å². The van der Waals surface area contributed by atoms with E-state index in [1.165, 1.54) is 56.1 Å². The third-order valence-corrected chi connectivity index (χ3v) is 8.89. The summed E-state index contributed by atoms with van der Waals surface area (Å²) in [5, 5.41) is 5.48. The molecule has 2 heteroatoms. The first kappa shape index (κ1) is 17.9. The number of hydrogen-bond donors (Lipinski definition) is 0. The first-order valence-electron chi connectivity index (χ1n) is 10.3. The van der Waals surface area contributed by atoms with Gasteiger partial charge in [0, 0.05) is 12.3 Å². The molecule has 0 N–H and O–H groups in total. The Morgan fingerprint density at radius 1 is 0.643 bits per heavy atom. The highest BCUT2D eigenvalue weighted by atomic mass is 31.1. The van der Waals surface area contributed by atoms with Crippen LogP contribution in [0.4, 0.5) is 0 Å². The van der Waals surface area contributed by atoms with Gasteiger partial charge in [-0.15, -0.1) is 0 Å². The molecule has 0 bridgehead atoms. The Morgan fingerprint density at radius 3 is 1.57 bits per heavy atom. The molecule has 4 aromatic rings. The summed E-state index contributed by atoms with van der Waals surface area (Å²) in [6.45, 7) is 6.88. The lowest BCUT2D eigenvalue weighted by molar-refractivity contribution is 0.504. The highest BCUT2D eigenvalue weighted by Gasteiger charge is 2.26. The predicted octanol–water partition coefficient (Wildman–Crippen LogP) is 7.41. The zero-order valence-corrected chi connectivity index (χ0v) is 17.5. The zero-order valence-electron chi connectivity index (χ0n) is 16.7. The molecule has 0 aromatic heterocycles. The molecule has 0 atom stereocenters. The van der Waals surface area contributed by atoms with Crippen LogP contribution in [0, 0.1) is 0 Å². The Balaban J connectivity index is 1.87. The van der Waals surface area contributed by atoms with Gasteiger partial charge in [0.15, 0.2) is 0 Å². The molecular formula is C26H26NP. The van der Waals surface area contributed by atoms with Crippen molar-refractivity contribution in [1.82, 2.24) is 4.67 Å². The first-order valence-corrected chi connectivity index (χ1v) is 12.0. The fourth-order valence-electron chi connectivity index (χ4n) is 4.76. The van der Waals surface area contributed by atoms with Crippen LogP contribution in [0.3, 0.4) is 0 Å². The van der Waals surface area contributed by atoms with Gasteiger partial charge < -0.3 is 0 Å². The lowest BCUT2D eigenvalue weighted by Crippen LogP contribution is -2.18. The highest BCUT2D eigenvalue weighted by Crippen LogP contribution is 2.54. The fourth-order valence-corrected chi connectivity index (χ4v) is 7.39. The Kier molecular flexibility index (Phi) is 4.67. The standard InChI is InChI=1S/C26H26NP/c1-3-27(4-2)28-17-21-15-13-19-9-5-7-11-23(19)25(21)26-22(18-28)16-14-20-10-6-8-12-24(20)26/h5-16H,3-4,17-18H2,1-2H3. The monoisotopic (exact) mass is 383 g/mol. The van der Waals surface area contributed by atoms with E-state index < -0.39 is 0 Å². The predicted molar refractivity (Wildman–Crippen MR) is 124 cm³/mol. The van der Waals surface area contributed by atoms with Crippen LogP contribution in [-0.4, -0.2) is 17.8 Å². The second-order valence-corrected chi connectivity index (χ2v) is 9.81. The molecule has 0 amide bonds. The van der Waals surface area contributed by atoms with E-state index in [-0.39, 0.29) is 8.07 Å². The van der Waals surface area contributed by atoms with Crippen LogP contribution in [0.25, 0.3) is 32.7 Å². The lowest BCUT2D eigenvalue weighted by atomic mass is 9.88. The SMILES string of the molecule is CCN(CC)P1Cc2ccc3ccccc3c2-c2c(ccc3ccccc23)C1. The number of rotatable bonds is 3. The van der Waals surface area contributed by atoms with E-state index in [0.29, 0.717) is 0 Å². The molecule has 0 spiro atoms. The lowest BCUT2D eigenvalue weighted by Gasteiger charge is -2.29. The molecular weight excluding hydrogens is 357 g/mol. The van der Waals surface area contributed by atoms with Crippen molar-refractivity contribution >= 4 is 29.6 Å². The summed E-state index contributed by atoms with van der Waals surface area (Å²) < 4.78 is 2.69. The molecule has 5 rings (SSSR count). The van der Waals surface area contributed by atoms with Gasteiger partial charge in [-0.1, -0.05) is 86.6 Å². The van der Waals surface area contributed by atoms with Gasteiger partial charge in [-0.05, 0) is 65.0 Å². The molecule has 0 saturated heterocycles. The Labute approximate surface area is 168 Å². The first-order chi connectivity index (χ1) is 13.8. The van der Waals surface area contributed by atoms with E-state index in [9.17, 15) is 0 Å². The third kappa shape index (κ3) is 2.85. The highest BCUT2D eigenvalue weighted by molar-refractivity contribution is 7.53. The molecule has 0 radical (unpaired) electrons. The molecule has 1 aliphatic rings. The van der Waals surface area contributed by atoms with Gasteiger partial charge in [-0.3, -0.25) is 4.67 Å². The fraction of sp³-hybridized carbons (Fsp3) is 0.231. The van der Waals surface area contributed by atoms with Crippen molar-refractivity contribution in [3.63, 3.8) is 0 Å². The summed E-state index contributed by atoms with van der Waals surface area (Å²) in [7, 11) is -0.213. The van der Waals surface area contributed by atoms with Gasteiger partial charge in [0.05, 0.1) is 0 Å². The number of fused-ring (bicyclic) bond motifs is 7. The Bertz CT molecular complexity index is 1070. The van der Waals surface area contributed by atoms with Crippen LogP contribution in [-0.2, 0) is 12.3 Å². The summed E-state index contributed by atoms with van der Waals surface area (Å²) in [6.07, 6.45) is 2.36. The van der Waals surface area contributed by atoms with E-state index in [4.69, 9.17) is 0 Å². The van der Waals surface area contributed by atoms with Crippen LogP contribution in [0.15, 0.2) is 72.8 Å². The van der Waals surface area contributed by atoms with Crippen LogP contribution >= 0.6 is 8.07 Å². The average Bonchev–Trinajstić information content (AvgIpc) is 2.91. The minimum absolute atomic E-state index is 0.213. The minimum Gasteiger partial charge on any atom is -0.282 e. The van der Waals surface area contributed by atoms with Gasteiger partial charge in [-0.2, -0.15) is 0 Å². The van der Waals surface area contributed by atoms with Crippen molar-refractivity contribution in [3.05, 3.63) is 83.9 Å². The molecule has 140 valence electrons. The van der Waals surface area contributed by atoms with Gasteiger partial charge in [0.1, 0.15) is 0 Å². The van der Waals surface area contributed by atoms with E-state index in [2.05, 4.69) is 91.3 Å². The molecule has 28 heavy (non-hydrogen) atoms. The smallest absolute Gasteiger partial charge is 0.00693 e. The van der Waals surface area contributed by atoms with Gasteiger partial charge in [-0.25, -0.2) is 0 Å². The Hall–Kier alpha value is -2.21. The van der Waals surface area contributed by atoms with Crippen LogP contribution in [0.2, 0.25) is 0 Å². The maximum atomic E-state index is 2.69. The second-order valence-electron chi connectivity index (χ2n) is 7.60. The average molecular weight is 383 g/mol. The normalized spacial score (nSPS) is 14.2. The number of nitrogens with zero attached hydrogens (tertiary/aromatic N) is 1. The van der Waals surface area contributed by atoms with Gasteiger partial charge >= 0.3 is 0 Å². The molecule has 1 nitrogen and oxygen atoms in total. The van der Waals surface area contributed by atoms with Crippen molar-refractivity contribution in [2.75, 3.05) is 13.1 Å². The molecule has 0 fully saturated rings. The van der Waals surface area contributed by atoms with Gasteiger partial charge in [0.2, 0.25) is 0 Å². The van der Waals surface area contributed by atoms with E-state index >= 15 is 0 Å². The third-order valence-electron chi connectivity index (χ3n) is 6.12. The van der Waals surface area contributed by atoms with Gasteiger partial charge in [0.25, 0.3) is 0 Å². The molecule has 0 saturated carbocycles. The summed E-state index contributed by atoms with van der Waals surface area (Å²) in [5.41, 5.74) is 5.99. The number of hydrogen-bond acceptors (Lipinski definition) is 1. The topological polar surface area (TPSA) is 3.24 Å². The van der Waals surface area contributed by atoms with Crippen molar-refractivity contribution in [1.29, 1.82) is 0 Å². The maximum Gasteiger partial charge on any atom is 0.00693 e. The molecule has 0 unspecified atom stereocenters. The minimum atomic E-state index is -0.213. The van der Waals surface area contributed by atoms with Crippen LogP contribution in [0.1, 0.15) is 25.0 Å². The van der Waals surface area contributed by atoms with Crippen molar-refractivity contribution in [3.8, 4) is 11.1 Å². The zero-order chi connectivity index (χ0) is 19.1. The van der Waals surface area contributed by atoms with Crippen LogP contribution < -0.4 is 0 Å². The van der Waals surface area contributed by atoms with E-state index in [1.54, 1.807) is 0 Å². The summed E-state index contributed by atoms with van der Waals surface area (Å²) in [4.78, 5) is 0.